The molecule has 0 saturated carbocycles. The molecule has 0 amide bonds. The smallest absolute Gasteiger partial charge is 0.125 e. The molecule has 0 aliphatic carbocycles. The average Bonchev–Trinajstić information content (AvgIpc) is 2.30. The van der Waals surface area contributed by atoms with Gasteiger partial charge in [0.15, 0.2) is 0 Å². The lowest BCUT2D eigenvalue weighted by molar-refractivity contribution is 0.265. The summed E-state index contributed by atoms with van der Waals surface area (Å²) in [6.45, 7) is 7.72. The van der Waals surface area contributed by atoms with Crippen LogP contribution in [0.1, 0.15) is 25.5 Å². The zero-order chi connectivity index (χ0) is 12.1. The highest BCUT2D eigenvalue weighted by atomic mass is 35.5. The molecule has 88 valence electrons. The van der Waals surface area contributed by atoms with Crippen LogP contribution in [0.15, 0.2) is 30.9 Å². The van der Waals surface area contributed by atoms with Crippen molar-refractivity contribution >= 4 is 11.6 Å². The normalized spacial score (nSPS) is 14.2. The average molecular weight is 240 g/mol. The lowest BCUT2D eigenvalue weighted by atomic mass is 10.1. The molecule has 3 heteroatoms. The first kappa shape index (κ1) is 13.1. The lowest BCUT2D eigenvalue weighted by Crippen LogP contribution is -2.16. The second kappa shape index (κ2) is 5.92. The van der Waals surface area contributed by atoms with E-state index in [0.29, 0.717) is 0 Å². The molecule has 0 aromatic heterocycles. The van der Waals surface area contributed by atoms with Crippen molar-refractivity contribution in [2.24, 2.45) is 0 Å². The van der Waals surface area contributed by atoms with Gasteiger partial charge in [-0.3, -0.25) is 0 Å². The Hall–Kier alpha value is -0.990. The molecule has 0 aliphatic rings. The third-order valence-corrected chi connectivity index (χ3v) is 2.75. The molecule has 0 aliphatic heterocycles. The Balaban J connectivity index is 3.02. The van der Waals surface area contributed by atoms with Gasteiger partial charge in [0.1, 0.15) is 11.9 Å². The fraction of sp³-hybridized carbons (Fsp3) is 0.385. The van der Waals surface area contributed by atoms with Crippen molar-refractivity contribution in [1.29, 1.82) is 0 Å². The molecule has 0 fully saturated rings. The van der Waals surface area contributed by atoms with Gasteiger partial charge in [0.05, 0.1) is 0 Å². The van der Waals surface area contributed by atoms with E-state index in [9.17, 15) is 0 Å². The first-order chi connectivity index (χ1) is 7.58. The van der Waals surface area contributed by atoms with Crippen LogP contribution in [0.3, 0.4) is 0 Å². The van der Waals surface area contributed by atoms with Crippen molar-refractivity contribution in [3.05, 3.63) is 41.4 Å². The number of hydrogen-bond donors (Lipinski definition) is 1. The number of benzene rings is 1. The molecule has 0 radical (unpaired) electrons. The van der Waals surface area contributed by atoms with Crippen LogP contribution in [-0.2, 0) is 0 Å². The van der Waals surface area contributed by atoms with Crippen molar-refractivity contribution in [2.75, 3.05) is 7.05 Å². The highest BCUT2D eigenvalue weighted by Gasteiger charge is 2.12. The molecule has 1 N–H and O–H groups in total. The maximum atomic E-state index is 5.98. The third kappa shape index (κ3) is 3.26. The maximum absolute atomic E-state index is 5.98. The minimum Gasteiger partial charge on any atom is -0.486 e. The number of ether oxygens (including phenoxy) is 1. The van der Waals surface area contributed by atoms with Gasteiger partial charge < -0.3 is 10.1 Å². The Morgan fingerprint density at radius 1 is 1.44 bits per heavy atom. The van der Waals surface area contributed by atoms with Crippen molar-refractivity contribution in [1.82, 2.24) is 5.32 Å². The van der Waals surface area contributed by atoms with Crippen LogP contribution in [0.5, 0.6) is 5.75 Å². The van der Waals surface area contributed by atoms with Crippen LogP contribution in [0, 0.1) is 0 Å². The zero-order valence-corrected chi connectivity index (χ0v) is 10.7. The molecular weight excluding hydrogens is 222 g/mol. The van der Waals surface area contributed by atoms with Crippen molar-refractivity contribution in [2.45, 2.75) is 26.0 Å². The molecule has 0 heterocycles. The Bertz CT molecular complexity index is 365. The van der Waals surface area contributed by atoms with Crippen molar-refractivity contribution in [3.63, 3.8) is 0 Å². The fourth-order valence-electron chi connectivity index (χ4n) is 1.37. The van der Waals surface area contributed by atoms with Crippen molar-refractivity contribution < 1.29 is 4.74 Å². The lowest BCUT2D eigenvalue weighted by Gasteiger charge is -2.19. The first-order valence-corrected chi connectivity index (χ1v) is 5.72. The molecule has 2 nitrogen and oxygen atoms in total. The number of rotatable bonds is 5. The SMILES string of the molecule is C=CC(C)Oc1ccc(Cl)cc1C(C)NC. The molecule has 0 saturated heterocycles. The van der Waals surface area contributed by atoms with Gasteiger partial charge in [-0.1, -0.05) is 24.3 Å². The summed E-state index contributed by atoms with van der Waals surface area (Å²) >= 11 is 5.98. The van der Waals surface area contributed by atoms with Gasteiger partial charge in [-0.05, 0) is 39.1 Å². The van der Waals surface area contributed by atoms with Gasteiger partial charge in [-0.15, -0.1) is 0 Å². The van der Waals surface area contributed by atoms with E-state index in [1.807, 2.05) is 32.2 Å². The van der Waals surface area contributed by atoms with E-state index in [4.69, 9.17) is 16.3 Å². The first-order valence-electron chi connectivity index (χ1n) is 5.34. The predicted molar refractivity (Wildman–Crippen MR) is 69.2 cm³/mol. The predicted octanol–water partition coefficient (Wildman–Crippen LogP) is 3.57. The van der Waals surface area contributed by atoms with E-state index in [2.05, 4.69) is 18.8 Å². The minimum absolute atomic E-state index is 0.0102. The van der Waals surface area contributed by atoms with Gasteiger partial charge in [-0.25, -0.2) is 0 Å². The molecule has 0 bridgehead atoms. The second-order valence-corrected chi connectivity index (χ2v) is 4.19. The van der Waals surface area contributed by atoms with E-state index in [1.165, 1.54) is 0 Å². The van der Waals surface area contributed by atoms with E-state index < -0.39 is 0 Å². The quantitative estimate of drug-likeness (QED) is 0.794. The number of hydrogen-bond acceptors (Lipinski definition) is 2. The summed E-state index contributed by atoms with van der Waals surface area (Å²) < 4.78 is 5.76. The van der Waals surface area contributed by atoms with E-state index in [1.54, 1.807) is 6.08 Å². The summed E-state index contributed by atoms with van der Waals surface area (Å²) in [6, 6.07) is 5.85. The molecule has 0 spiro atoms. The Kier molecular flexibility index (Phi) is 4.84. The van der Waals surface area contributed by atoms with E-state index >= 15 is 0 Å². The standard InChI is InChI=1S/C13H18ClNO/c1-5-9(2)16-13-7-6-11(14)8-12(13)10(3)15-4/h5-10,15H,1H2,2-4H3. The van der Waals surface area contributed by atoms with E-state index in [-0.39, 0.29) is 12.1 Å². The summed E-state index contributed by atoms with van der Waals surface area (Å²) in [4.78, 5) is 0. The molecule has 2 atom stereocenters. The van der Waals surface area contributed by atoms with Gasteiger partial charge in [0, 0.05) is 16.6 Å². The largest absolute Gasteiger partial charge is 0.486 e. The molecule has 1 aromatic carbocycles. The zero-order valence-electron chi connectivity index (χ0n) is 9.96. The van der Waals surface area contributed by atoms with Gasteiger partial charge in [0.25, 0.3) is 0 Å². The molecular formula is C13H18ClNO. The van der Waals surface area contributed by atoms with Crippen molar-refractivity contribution in [3.8, 4) is 5.75 Å². The highest BCUT2D eigenvalue weighted by Crippen LogP contribution is 2.29. The summed E-state index contributed by atoms with van der Waals surface area (Å²) in [6.07, 6.45) is 1.76. The highest BCUT2D eigenvalue weighted by molar-refractivity contribution is 6.30. The Labute approximate surface area is 102 Å². The number of nitrogens with one attached hydrogen (secondary N) is 1. The summed E-state index contributed by atoms with van der Waals surface area (Å²) in [5.41, 5.74) is 1.06. The van der Waals surface area contributed by atoms with Crippen LogP contribution >= 0.6 is 11.6 Å². The monoisotopic (exact) mass is 239 g/mol. The van der Waals surface area contributed by atoms with Gasteiger partial charge in [-0.2, -0.15) is 0 Å². The van der Waals surface area contributed by atoms with Gasteiger partial charge >= 0.3 is 0 Å². The summed E-state index contributed by atoms with van der Waals surface area (Å²) in [5.74, 6) is 0.846. The minimum atomic E-state index is -0.0102. The Morgan fingerprint density at radius 3 is 2.69 bits per heavy atom. The van der Waals surface area contributed by atoms with E-state index in [0.717, 1.165) is 16.3 Å². The van der Waals surface area contributed by atoms with Crippen LogP contribution in [0.25, 0.3) is 0 Å². The van der Waals surface area contributed by atoms with Crippen LogP contribution in [0.2, 0.25) is 5.02 Å². The molecule has 2 unspecified atom stereocenters. The topological polar surface area (TPSA) is 21.3 Å². The molecule has 1 rings (SSSR count). The van der Waals surface area contributed by atoms with Crippen LogP contribution in [0.4, 0.5) is 0 Å². The third-order valence-electron chi connectivity index (χ3n) is 2.52. The summed E-state index contributed by atoms with van der Waals surface area (Å²) in [7, 11) is 1.91. The number of halogens is 1. The second-order valence-electron chi connectivity index (χ2n) is 3.75. The molecule has 1 aromatic rings. The Morgan fingerprint density at radius 2 is 2.12 bits per heavy atom. The maximum Gasteiger partial charge on any atom is 0.125 e. The fourth-order valence-corrected chi connectivity index (χ4v) is 1.55. The summed E-state index contributed by atoms with van der Waals surface area (Å²) in [5, 5.41) is 3.89. The molecule has 16 heavy (non-hydrogen) atoms. The van der Waals surface area contributed by atoms with Gasteiger partial charge in [0.2, 0.25) is 0 Å². The van der Waals surface area contributed by atoms with Crippen LogP contribution < -0.4 is 10.1 Å². The van der Waals surface area contributed by atoms with Crippen LogP contribution in [-0.4, -0.2) is 13.2 Å².